The second-order valence-corrected chi connectivity index (χ2v) is 4.78. The summed E-state index contributed by atoms with van der Waals surface area (Å²) < 4.78 is 5.06. The van der Waals surface area contributed by atoms with Gasteiger partial charge in [0.1, 0.15) is 11.5 Å². The minimum absolute atomic E-state index is 0.0635. The van der Waals surface area contributed by atoms with Crippen LogP contribution in [0.5, 0.6) is 11.5 Å². The van der Waals surface area contributed by atoms with Crippen LogP contribution in [0.3, 0.4) is 0 Å². The molecule has 2 aromatic carbocycles. The molecule has 0 radical (unpaired) electrons. The molecule has 0 aliphatic carbocycles. The van der Waals surface area contributed by atoms with E-state index in [0.717, 1.165) is 16.9 Å². The number of hydrogen-bond donors (Lipinski definition) is 1. The van der Waals surface area contributed by atoms with Gasteiger partial charge in [0.25, 0.3) is 0 Å². The van der Waals surface area contributed by atoms with E-state index in [1.165, 1.54) is 0 Å². The number of ketones is 1. The Morgan fingerprint density at radius 3 is 2.50 bits per heavy atom. The first-order valence-electron chi connectivity index (χ1n) is 6.56. The fourth-order valence-electron chi connectivity index (χ4n) is 2.08. The molecule has 0 aliphatic heterocycles. The van der Waals surface area contributed by atoms with Crippen molar-refractivity contribution in [2.24, 2.45) is 0 Å². The summed E-state index contributed by atoms with van der Waals surface area (Å²) in [6, 6.07) is 12.5. The van der Waals surface area contributed by atoms with Crippen molar-refractivity contribution >= 4 is 5.78 Å². The Labute approximate surface area is 118 Å². The second kappa shape index (κ2) is 6.24. The van der Waals surface area contributed by atoms with E-state index >= 15 is 0 Å². The number of phenols is 1. The Bertz CT molecular complexity index is 600. The molecule has 0 atom stereocenters. The van der Waals surface area contributed by atoms with Gasteiger partial charge in [0, 0.05) is 12.0 Å². The van der Waals surface area contributed by atoms with Crippen LogP contribution in [0.15, 0.2) is 42.5 Å². The van der Waals surface area contributed by atoms with Gasteiger partial charge in [-0.3, -0.25) is 4.79 Å². The molecule has 0 heterocycles. The molecule has 20 heavy (non-hydrogen) atoms. The fourth-order valence-corrected chi connectivity index (χ4v) is 2.08. The SMILES string of the molecule is COc1ccc(C(=O)CCc2cc(C)ccc2O)cc1. The van der Waals surface area contributed by atoms with E-state index in [0.29, 0.717) is 18.4 Å². The quantitative estimate of drug-likeness (QED) is 0.845. The largest absolute Gasteiger partial charge is 0.508 e. The number of carbonyl (C=O) groups is 1. The van der Waals surface area contributed by atoms with Crippen molar-refractivity contribution in [1.29, 1.82) is 0 Å². The number of rotatable bonds is 5. The number of phenolic OH excluding ortho intramolecular Hbond substituents is 1. The summed E-state index contributed by atoms with van der Waals surface area (Å²) >= 11 is 0. The van der Waals surface area contributed by atoms with Crippen LogP contribution in [0, 0.1) is 6.92 Å². The van der Waals surface area contributed by atoms with Crippen LogP contribution in [0.4, 0.5) is 0 Å². The van der Waals surface area contributed by atoms with E-state index in [-0.39, 0.29) is 11.5 Å². The van der Waals surface area contributed by atoms with Gasteiger partial charge < -0.3 is 9.84 Å². The molecule has 1 N–H and O–H groups in total. The number of methoxy groups -OCH3 is 1. The van der Waals surface area contributed by atoms with E-state index in [1.807, 2.05) is 19.1 Å². The summed E-state index contributed by atoms with van der Waals surface area (Å²) in [5.41, 5.74) is 2.56. The molecule has 3 nitrogen and oxygen atoms in total. The summed E-state index contributed by atoms with van der Waals surface area (Å²) in [5.74, 6) is 1.05. The molecule has 0 bridgehead atoms. The first-order valence-corrected chi connectivity index (χ1v) is 6.56. The Morgan fingerprint density at radius 1 is 1.15 bits per heavy atom. The molecular formula is C17H18O3. The second-order valence-electron chi connectivity index (χ2n) is 4.78. The molecular weight excluding hydrogens is 252 g/mol. The van der Waals surface area contributed by atoms with Crippen molar-refractivity contribution in [3.63, 3.8) is 0 Å². The number of aryl methyl sites for hydroxylation is 2. The van der Waals surface area contributed by atoms with E-state index in [2.05, 4.69) is 0 Å². The topological polar surface area (TPSA) is 46.5 Å². The van der Waals surface area contributed by atoms with E-state index < -0.39 is 0 Å². The average Bonchev–Trinajstić information content (AvgIpc) is 2.48. The molecule has 2 aromatic rings. The summed E-state index contributed by atoms with van der Waals surface area (Å²) in [5, 5.41) is 9.76. The maximum absolute atomic E-state index is 12.1. The highest BCUT2D eigenvalue weighted by atomic mass is 16.5. The van der Waals surface area contributed by atoms with Crippen LogP contribution < -0.4 is 4.74 Å². The maximum Gasteiger partial charge on any atom is 0.163 e. The highest BCUT2D eigenvalue weighted by Crippen LogP contribution is 2.21. The van der Waals surface area contributed by atoms with Crippen molar-refractivity contribution in [1.82, 2.24) is 0 Å². The van der Waals surface area contributed by atoms with Crippen LogP contribution in [0.1, 0.15) is 27.9 Å². The van der Waals surface area contributed by atoms with Gasteiger partial charge in [0.2, 0.25) is 0 Å². The van der Waals surface area contributed by atoms with Gasteiger partial charge in [-0.25, -0.2) is 0 Å². The molecule has 0 amide bonds. The van der Waals surface area contributed by atoms with Crippen molar-refractivity contribution in [3.8, 4) is 11.5 Å². The summed E-state index contributed by atoms with van der Waals surface area (Å²) in [7, 11) is 1.59. The zero-order valence-electron chi connectivity index (χ0n) is 11.7. The zero-order chi connectivity index (χ0) is 14.5. The highest BCUT2D eigenvalue weighted by molar-refractivity contribution is 5.96. The van der Waals surface area contributed by atoms with Crippen LogP contribution in [0.2, 0.25) is 0 Å². The van der Waals surface area contributed by atoms with Gasteiger partial charge in [-0.1, -0.05) is 17.7 Å². The van der Waals surface area contributed by atoms with Gasteiger partial charge >= 0.3 is 0 Å². The first-order chi connectivity index (χ1) is 9.60. The van der Waals surface area contributed by atoms with Gasteiger partial charge in [0.05, 0.1) is 7.11 Å². The Balaban J connectivity index is 2.02. The minimum Gasteiger partial charge on any atom is -0.508 e. The third-order valence-corrected chi connectivity index (χ3v) is 3.27. The Hall–Kier alpha value is -2.29. The van der Waals surface area contributed by atoms with Crippen LogP contribution in [-0.4, -0.2) is 18.0 Å². The zero-order valence-corrected chi connectivity index (χ0v) is 11.7. The summed E-state index contributed by atoms with van der Waals surface area (Å²) in [6.45, 7) is 1.97. The predicted molar refractivity (Wildman–Crippen MR) is 78.5 cm³/mol. The standard InChI is InChI=1S/C17H18O3/c1-12-3-9-17(19)14(11-12)6-10-16(18)13-4-7-15(20-2)8-5-13/h3-5,7-9,11,19H,6,10H2,1-2H3. The number of benzene rings is 2. The van der Waals surface area contributed by atoms with Crippen LogP contribution in [-0.2, 0) is 6.42 Å². The predicted octanol–water partition coefficient (Wildman–Crippen LogP) is 3.52. The number of hydrogen-bond acceptors (Lipinski definition) is 3. The lowest BCUT2D eigenvalue weighted by Crippen LogP contribution is -2.01. The third kappa shape index (κ3) is 3.38. The normalized spacial score (nSPS) is 10.3. The van der Waals surface area contributed by atoms with Crippen molar-refractivity contribution < 1.29 is 14.6 Å². The number of ether oxygens (including phenoxy) is 1. The van der Waals surface area contributed by atoms with Crippen molar-refractivity contribution in [2.75, 3.05) is 7.11 Å². The Kier molecular flexibility index (Phi) is 4.41. The average molecular weight is 270 g/mol. The molecule has 0 saturated carbocycles. The summed E-state index contributed by atoms with van der Waals surface area (Å²) in [6.07, 6.45) is 0.918. The number of aromatic hydroxyl groups is 1. The monoisotopic (exact) mass is 270 g/mol. The minimum atomic E-state index is 0.0635. The smallest absolute Gasteiger partial charge is 0.163 e. The Morgan fingerprint density at radius 2 is 1.85 bits per heavy atom. The van der Waals surface area contributed by atoms with Gasteiger partial charge in [-0.05, 0) is 49.2 Å². The molecule has 0 saturated heterocycles. The van der Waals surface area contributed by atoms with Crippen molar-refractivity contribution in [3.05, 3.63) is 59.2 Å². The maximum atomic E-state index is 12.1. The van der Waals surface area contributed by atoms with Gasteiger partial charge in [-0.15, -0.1) is 0 Å². The van der Waals surface area contributed by atoms with E-state index in [9.17, 15) is 9.90 Å². The molecule has 0 unspecified atom stereocenters. The molecule has 0 fully saturated rings. The molecule has 0 spiro atoms. The lowest BCUT2D eigenvalue weighted by atomic mass is 10.0. The highest BCUT2D eigenvalue weighted by Gasteiger charge is 2.08. The molecule has 0 aromatic heterocycles. The van der Waals surface area contributed by atoms with Gasteiger partial charge in [0.15, 0.2) is 5.78 Å². The van der Waals surface area contributed by atoms with E-state index in [4.69, 9.17) is 4.74 Å². The van der Waals surface area contributed by atoms with Crippen LogP contribution in [0.25, 0.3) is 0 Å². The lowest BCUT2D eigenvalue weighted by Gasteiger charge is -2.06. The summed E-state index contributed by atoms with van der Waals surface area (Å²) in [4.78, 5) is 12.1. The first kappa shape index (κ1) is 14.1. The van der Waals surface area contributed by atoms with Crippen LogP contribution >= 0.6 is 0 Å². The lowest BCUT2D eigenvalue weighted by molar-refractivity contribution is 0.0982. The molecule has 0 aliphatic rings. The fraction of sp³-hybridized carbons (Fsp3) is 0.235. The van der Waals surface area contributed by atoms with Crippen molar-refractivity contribution in [2.45, 2.75) is 19.8 Å². The number of Topliss-reactive ketones (excluding diaryl/α,β-unsaturated/α-hetero) is 1. The third-order valence-electron chi connectivity index (χ3n) is 3.27. The molecule has 104 valence electrons. The molecule has 2 rings (SSSR count). The number of carbonyl (C=O) groups excluding carboxylic acids is 1. The van der Waals surface area contributed by atoms with Gasteiger partial charge in [-0.2, -0.15) is 0 Å². The van der Waals surface area contributed by atoms with E-state index in [1.54, 1.807) is 37.4 Å². The molecule has 3 heteroatoms.